The molecule has 3 aromatic heterocycles. The van der Waals surface area contributed by atoms with Gasteiger partial charge in [0.15, 0.2) is 0 Å². The predicted octanol–water partition coefficient (Wildman–Crippen LogP) is 8.02. The van der Waals surface area contributed by atoms with E-state index in [2.05, 4.69) is 0 Å². The van der Waals surface area contributed by atoms with Crippen LogP contribution in [-0.4, -0.2) is 86.9 Å². The fraction of sp³-hybridized carbons (Fsp3) is 0.308. The largest absolute Gasteiger partial charge is 0.345 e. The van der Waals surface area contributed by atoms with Crippen LogP contribution in [-0.2, 0) is 19.6 Å². The van der Waals surface area contributed by atoms with E-state index in [4.69, 9.17) is 0 Å². The highest BCUT2D eigenvalue weighted by Crippen LogP contribution is 2.11. The average molecular weight is 871 g/mol. The number of carbonyl (C=O) groups is 3. The van der Waals surface area contributed by atoms with Crippen molar-refractivity contribution < 1.29 is 14.4 Å². The van der Waals surface area contributed by atoms with Crippen LogP contribution in [0, 0.1) is 0 Å². The molecule has 0 bridgehead atoms. The molecule has 3 amide bonds. The molecule has 0 atom stereocenters. The van der Waals surface area contributed by atoms with Crippen LogP contribution in [0.3, 0.4) is 0 Å². The summed E-state index contributed by atoms with van der Waals surface area (Å²) < 4.78 is 4.90. The summed E-state index contributed by atoms with van der Waals surface area (Å²) in [6, 6.07) is 37.5. The molecule has 0 radical (unpaired) electrons. The molecule has 6 rings (SSSR count). The summed E-state index contributed by atoms with van der Waals surface area (Å²) in [7, 11) is 7.02. The number of rotatable bonds is 11. The Balaban J connectivity index is 0.000000318. The first kappa shape index (κ1) is 53.1. The van der Waals surface area contributed by atoms with Crippen LogP contribution in [0.15, 0.2) is 160 Å². The Labute approximate surface area is 378 Å². The Hall–Kier alpha value is -7.08. The topological polar surface area (TPSA) is 127 Å². The van der Waals surface area contributed by atoms with Crippen molar-refractivity contribution in [2.75, 3.05) is 34.7 Å². The molecule has 0 saturated carbocycles. The normalized spacial score (nSPS) is 9.94. The van der Waals surface area contributed by atoms with E-state index in [1.54, 1.807) is 113 Å². The number of hydrogen-bond donors (Lipinski definition) is 0. The van der Waals surface area contributed by atoms with Gasteiger partial charge >= 0.3 is 0 Å². The summed E-state index contributed by atoms with van der Waals surface area (Å²) in [6.45, 7) is 16.1. The first-order valence-electron chi connectivity index (χ1n) is 21.7. The minimum atomic E-state index is -0.0315. The number of nitrogens with zero attached hydrogens (tertiary/aromatic N) is 6. The average Bonchev–Trinajstić information content (AvgIpc) is 3.32. The van der Waals surface area contributed by atoms with Crippen molar-refractivity contribution in [2.24, 2.45) is 0 Å². The Bertz CT molecular complexity index is 2500. The zero-order valence-electron chi connectivity index (χ0n) is 39.4. The quantitative estimate of drug-likeness (QED) is 0.130. The first-order valence-corrected chi connectivity index (χ1v) is 21.7. The van der Waals surface area contributed by atoms with Crippen LogP contribution in [0.2, 0.25) is 0 Å². The summed E-state index contributed by atoms with van der Waals surface area (Å²) in [5, 5.41) is 0. The van der Waals surface area contributed by atoms with Crippen molar-refractivity contribution in [3.63, 3.8) is 0 Å². The zero-order valence-corrected chi connectivity index (χ0v) is 39.4. The van der Waals surface area contributed by atoms with E-state index in [9.17, 15) is 28.8 Å². The molecule has 3 aromatic carbocycles. The molecular weight excluding hydrogens is 805 g/mol. The summed E-state index contributed by atoms with van der Waals surface area (Å²) in [4.78, 5) is 75.7. The van der Waals surface area contributed by atoms with Crippen LogP contribution in [0.5, 0.6) is 0 Å². The Morgan fingerprint density at radius 1 is 0.453 bits per heavy atom. The SMILES string of the molecule is CC.CC.CC(C)N(C)C(=O)c1ccc(Cn2ccccc2=O)cc1.CCN(C)C(=O)c1ccc(Cn2ccccc2=O)cc1.CN(C)C(=O)c1ccc(Cn2ccccc2=O)cc1. The van der Waals surface area contributed by atoms with Crippen molar-refractivity contribution in [3.8, 4) is 0 Å². The second-order valence-corrected chi connectivity index (χ2v) is 14.6. The van der Waals surface area contributed by atoms with Crippen LogP contribution >= 0.6 is 0 Å². The van der Waals surface area contributed by atoms with Crippen LogP contribution in [0.1, 0.15) is 96.2 Å². The van der Waals surface area contributed by atoms with Crippen molar-refractivity contribution in [2.45, 2.75) is 74.1 Å². The summed E-state index contributed by atoms with van der Waals surface area (Å²) in [5.41, 5.74) is 4.86. The van der Waals surface area contributed by atoms with E-state index in [1.807, 2.05) is 115 Å². The molecule has 0 spiro atoms. The fourth-order valence-electron chi connectivity index (χ4n) is 5.68. The number of pyridine rings is 3. The zero-order chi connectivity index (χ0) is 47.8. The molecule has 0 fully saturated rings. The third kappa shape index (κ3) is 16.7. The van der Waals surface area contributed by atoms with Gasteiger partial charge in [-0.05, 0) is 92.1 Å². The van der Waals surface area contributed by atoms with Gasteiger partial charge in [-0.1, -0.05) is 82.3 Å². The molecule has 0 saturated heterocycles. The van der Waals surface area contributed by atoms with Gasteiger partial charge in [-0.2, -0.15) is 0 Å². The van der Waals surface area contributed by atoms with E-state index in [0.29, 0.717) is 42.9 Å². The molecule has 64 heavy (non-hydrogen) atoms. The highest BCUT2D eigenvalue weighted by molar-refractivity contribution is 5.95. The van der Waals surface area contributed by atoms with E-state index < -0.39 is 0 Å². The second kappa shape index (κ2) is 27.8. The van der Waals surface area contributed by atoms with Crippen molar-refractivity contribution in [1.29, 1.82) is 0 Å². The summed E-state index contributed by atoms with van der Waals surface area (Å²) in [6.07, 6.45) is 5.27. The molecule has 6 aromatic rings. The monoisotopic (exact) mass is 871 g/mol. The second-order valence-electron chi connectivity index (χ2n) is 14.6. The van der Waals surface area contributed by atoms with Gasteiger partial charge in [0.1, 0.15) is 0 Å². The maximum Gasteiger partial charge on any atom is 0.253 e. The molecule has 12 nitrogen and oxygen atoms in total. The van der Waals surface area contributed by atoms with Crippen LogP contribution < -0.4 is 16.7 Å². The van der Waals surface area contributed by atoms with E-state index in [-0.39, 0.29) is 40.4 Å². The van der Waals surface area contributed by atoms with E-state index in [1.165, 1.54) is 23.1 Å². The number of aromatic nitrogens is 3. The minimum Gasteiger partial charge on any atom is -0.345 e. The molecule has 12 heteroatoms. The van der Waals surface area contributed by atoms with Gasteiger partial charge in [-0.15, -0.1) is 0 Å². The van der Waals surface area contributed by atoms with E-state index in [0.717, 1.165) is 16.7 Å². The molecule has 3 heterocycles. The van der Waals surface area contributed by atoms with E-state index >= 15 is 0 Å². The summed E-state index contributed by atoms with van der Waals surface area (Å²) >= 11 is 0. The molecule has 0 unspecified atom stereocenters. The van der Waals surface area contributed by atoms with Gasteiger partial charge in [-0.3, -0.25) is 28.8 Å². The highest BCUT2D eigenvalue weighted by atomic mass is 16.2. The molecule has 0 aliphatic heterocycles. The molecular formula is C52H66N6O6. The molecule has 0 aliphatic rings. The first-order chi connectivity index (χ1) is 30.7. The fourth-order valence-corrected chi connectivity index (χ4v) is 5.68. The van der Waals surface area contributed by atoms with Gasteiger partial charge in [-0.25, -0.2) is 0 Å². The maximum absolute atomic E-state index is 12.2. The lowest BCUT2D eigenvalue weighted by Crippen LogP contribution is -2.32. The lowest BCUT2D eigenvalue weighted by atomic mass is 10.1. The number of hydrogen-bond acceptors (Lipinski definition) is 6. The van der Waals surface area contributed by atoms with Gasteiger partial charge in [0.05, 0.1) is 19.6 Å². The van der Waals surface area contributed by atoms with Gasteiger partial charge < -0.3 is 28.4 Å². The van der Waals surface area contributed by atoms with Gasteiger partial charge in [0.25, 0.3) is 34.4 Å². The predicted molar refractivity (Wildman–Crippen MR) is 259 cm³/mol. The van der Waals surface area contributed by atoms with Gasteiger partial charge in [0, 0.05) is 94.3 Å². The van der Waals surface area contributed by atoms with Gasteiger partial charge in [0.2, 0.25) is 0 Å². The standard InChI is InChI=1S/C17H20N2O2.C16H18N2O2.C15H16N2O2.2C2H6/c1-13(2)18(3)17(21)15-9-7-14(8-10-15)12-19-11-5-4-6-16(19)20;1-3-17(2)16(20)14-9-7-13(8-10-14)12-18-11-5-4-6-15(18)19;1-16(2)15(19)13-8-6-12(7-9-13)11-17-10-4-3-5-14(17)18;2*1-2/h4-11,13H,12H2,1-3H3;4-11H,3,12H2,1-2H3;3-10H,11H2,1-2H3;2*1-2H3. The third-order valence-electron chi connectivity index (χ3n) is 9.68. The summed E-state index contributed by atoms with van der Waals surface area (Å²) in [5.74, 6) is -0.00668. The lowest BCUT2D eigenvalue weighted by Gasteiger charge is -2.21. The Morgan fingerprint density at radius 3 is 1.02 bits per heavy atom. The molecule has 0 N–H and O–H groups in total. The third-order valence-corrected chi connectivity index (χ3v) is 9.68. The lowest BCUT2D eigenvalue weighted by molar-refractivity contribution is 0.0753. The number of carbonyl (C=O) groups excluding carboxylic acids is 3. The maximum atomic E-state index is 12.2. The van der Waals surface area contributed by atoms with Crippen LogP contribution in [0.25, 0.3) is 0 Å². The van der Waals surface area contributed by atoms with Crippen molar-refractivity contribution in [3.05, 3.63) is 210 Å². The molecule has 0 aliphatic carbocycles. The van der Waals surface area contributed by atoms with Crippen molar-refractivity contribution in [1.82, 2.24) is 28.4 Å². The minimum absolute atomic E-state index is 0.00780. The van der Waals surface area contributed by atoms with Crippen molar-refractivity contribution >= 4 is 17.7 Å². The Morgan fingerprint density at radius 2 is 0.750 bits per heavy atom. The van der Waals surface area contributed by atoms with Crippen LogP contribution in [0.4, 0.5) is 0 Å². The number of benzene rings is 3. The number of amides is 3. The molecule has 340 valence electrons. The highest BCUT2D eigenvalue weighted by Gasteiger charge is 2.14. The Kier molecular flexibility index (Phi) is 23.0. The smallest absolute Gasteiger partial charge is 0.253 e.